The van der Waals surface area contributed by atoms with Gasteiger partial charge in [-0.1, -0.05) is 6.07 Å². The number of nitrogens with one attached hydrogen (secondary N) is 2. The maximum Gasteiger partial charge on any atom is 0.240 e. The third-order valence-electron chi connectivity index (χ3n) is 3.34. The van der Waals surface area contributed by atoms with Gasteiger partial charge >= 0.3 is 0 Å². The molecular formula is C18H22N2O4S. The van der Waals surface area contributed by atoms with Crippen LogP contribution in [-0.4, -0.2) is 27.5 Å². The first-order valence-corrected chi connectivity index (χ1v) is 9.33. The van der Waals surface area contributed by atoms with E-state index in [9.17, 15) is 13.2 Å². The van der Waals surface area contributed by atoms with Gasteiger partial charge in [0.2, 0.25) is 15.9 Å². The summed E-state index contributed by atoms with van der Waals surface area (Å²) < 4.78 is 32.5. The van der Waals surface area contributed by atoms with Crippen molar-refractivity contribution in [3.8, 4) is 5.75 Å². The SMILES string of the molecule is CC(=O)Nc1ccc(S(=O)(=O)NCCOc2cc(C)cc(C)c2)cc1. The van der Waals surface area contributed by atoms with E-state index in [-0.39, 0.29) is 24.0 Å². The van der Waals surface area contributed by atoms with E-state index in [1.165, 1.54) is 19.1 Å². The number of amides is 1. The molecule has 0 saturated carbocycles. The van der Waals surface area contributed by atoms with Gasteiger partial charge in [-0.3, -0.25) is 4.79 Å². The van der Waals surface area contributed by atoms with E-state index in [0.29, 0.717) is 5.69 Å². The third kappa shape index (κ3) is 5.88. The molecule has 134 valence electrons. The summed E-state index contributed by atoms with van der Waals surface area (Å²) in [4.78, 5) is 11.1. The molecule has 0 spiro atoms. The van der Waals surface area contributed by atoms with Gasteiger partial charge in [0.25, 0.3) is 0 Å². The highest BCUT2D eigenvalue weighted by molar-refractivity contribution is 7.89. The largest absolute Gasteiger partial charge is 0.492 e. The lowest BCUT2D eigenvalue weighted by molar-refractivity contribution is -0.114. The second-order valence-electron chi connectivity index (χ2n) is 5.78. The number of anilines is 1. The molecule has 6 nitrogen and oxygen atoms in total. The van der Waals surface area contributed by atoms with Crippen molar-refractivity contribution in [3.05, 3.63) is 53.6 Å². The normalized spacial score (nSPS) is 11.2. The van der Waals surface area contributed by atoms with E-state index >= 15 is 0 Å². The quantitative estimate of drug-likeness (QED) is 0.742. The maximum atomic E-state index is 12.2. The highest BCUT2D eigenvalue weighted by Crippen LogP contribution is 2.16. The Morgan fingerprint density at radius 2 is 1.64 bits per heavy atom. The average Bonchev–Trinajstić information content (AvgIpc) is 2.51. The van der Waals surface area contributed by atoms with Gasteiger partial charge in [-0.25, -0.2) is 13.1 Å². The Bertz CT molecular complexity index is 826. The number of sulfonamides is 1. The monoisotopic (exact) mass is 362 g/mol. The zero-order valence-electron chi connectivity index (χ0n) is 14.5. The van der Waals surface area contributed by atoms with E-state index in [2.05, 4.69) is 10.0 Å². The molecule has 0 fully saturated rings. The molecule has 7 heteroatoms. The third-order valence-corrected chi connectivity index (χ3v) is 4.82. The molecule has 2 aromatic carbocycles. The Morgan fingerprint density at radius 3 is 2.20 bits per heavy atom. The van der Waals surface area contributed by atoms with Gasteiger partial charge in [0.05, 0.1) is 4.90 Å². The Morgan fingerprint density at radius 1 is 1.04 bits per heavy atom. The lowest BCUT2D eigenvalue weighted by Gasteiger charge is -2.10. The fraction of sp³-hybridized carbons (Fsp3) is 0.278. The van der Waals surface area contributed by atoms with Crippen LogP contribution in [0.2, 0.25) is 0 Å². The minimum Gasteiger partial charge on any atom is -0.492 e. The van der Waals surface area contributed by atoms with Crippen LogP contribution in [0.5, 0.6) is 5.75 Å². The van der Waals surface area contributed by atoms with Crippen LogP contribution < -0.4 is 14.8 Å². The van der Waals surface area contributed by atoms with Gasteiger partial charge in [-0.15, -0.1) is 0 Å². The second-order valence-corrected chi connectivity index (χ2v) is 7.54. The zero-order chi connectivity index (χ0) is 18.4. The Kier molecular flexibility index (Phi) is 6.17. The fourth-order valence-corrected chi connectivity index (χ4v) is 3.38. The molecular weight excluding hydrogens is 340 g/mol. The van der Waals surface area contributed by atoms with Crippen LogP contribution in [0.4, 0.5) is 5.69 Å². The number of rotatable bonds is 7. The Hall–Kier alpha value is -2.38. The summed E-state index contributed by atoms with van der Waals surface area (Å²) in [6, 6.07) is 11.8. The Labute approximate surface area is 148 Å². The summed E-state index contributed by atoms with van der Waals surface area (Å²) in [5.41, 5.74) is 2.73. The van der Waals surface area contributed by atoms with Crippen molar-refractivity contribution in [2.24, 2.45) is 0 Å². The highest BCUT2D eigenvalue weighted by Gasteiger charge is 2.13. The molecule has 0 bridgehead atoms. The number of aryl methyl sites for hydroxylation is 2. The van der Waals surface area contributed by atoms with Crippen molar-refractivity contribution in [1.29, 1.82) is 0 Å². The molecule has 0 aliphatic heterocycles. The summed E-state index contributed by atoms with van der Waals surface area (Å²) in [6.07, 6.45) is 0. The van der Waals surface area contributed by atoms with Gasteiger partial charge in [-0.05, 0) is 61.4 Å². The van der Waals surface area contributed by atoms with Gasteiger partial charge in [0.15, 0.2) is 0 Å². The molecule has 0 aliphatic carbocycles. The number of carbonyl (C=O) groups excluding carboxylic acids is 1. The minimum atomic E-state index is -3.62. The number of hydrogen-bond acceptors (Lipinski definition) is 4. The fourth-order valence-electron chi connectivity index (χ4n) is 2.37. The van der Waals surface area contributed by atoms with Crippen LogP contribution in [0.1, 0.15) is 18.1 Å². The molecule has 0 radical (unpaired) electrons. The van der Waals surface area contributed by atoms with Crippen LogP contribution in [0.25, 0.3) is 0 Å². The standard InChI is InChI=1S/C18H22N2O4S/c1-13-10-14(2)12-17(11-13)24-9-8-19-25(22,23)18-6-4-16(5-7-18)20-15(3)21/h4-7,10-12,19H,8-9H2,1-3H3,(H,20,21). The Balaban J connectivity index is 1.89. The van der Waals surface area contributed by atoms with E-state index < -0.39 is 10.0 Å². The summed E-state index contributed by atoms with van der Waals surface area (Å²) >= 11 is 0. The molecule has 0 atom stereocenters. The summed E-state index contributed by atoms with van der Waals surface area (Å²) in [7, 11) is -3.62. The summed E-state index contributed by atoms with van der Waals surface area (Å²) in [5, 5.41) is 2.59. The molecule has 2 N–H and O–H groups in total. The van der Waals surface area contributed by atoms with Crippen LogP contribution in [0.3, 0.4) is 0 Å². The van der Waals surface area contributed by atoms with E-state index in [0.717, 1.165) is 16.9 Å². The predicted molar refractivity (Wildman–Crippen MR) is 97.3 cm³/mol. The molecule has 2 aromatic rings. The average molecular weight is 362 g/mol. The molecule has 25 heavy (non-hydrogen) atoms. The number of hydrogen-bond donors (Lipinski definition) is 2. The maximum absolute atomic E-state index is 12.2. The van der Waals surface area contributed by atoms with E-state index in [4.69, 9.17) is 4.74 Å². The molecule has 0 heterocycles. The van der Waals surface area contributed by atoms with Crippen LogP contribution in [0.15, 0.2) is 47.4 Å². The predicted octanol–water partition coefficient (Wildman–Crippen LogP) is 2.62. The van der Waals surface area contributed by atoms with Gasteiger partial charge in [-0.2, -0.15) is 0 Å². The molecule has 0 aromatic heterocycles. The first-order valence-electron chi connectivity index (χ1n) is 7.85. The molecule has 1 amide bonds. The van der Waals surface area contributed by atoms with Crippen molar-refractivity contribution >= 4 is 21.6 Å². The van der Waals surface area contributed by atoms with E-state index in [1.807, 2.05) is 32.0 Å². The topological polar surface area (TPSA) is 84.5 Å². The molecule has 0 aliphatic rings. The van der Waals surface area contributed by atoms with E-state index in [1.54, 1.807) is 12.1 Å². The lowest BCUT2D eigenvalue weighted by Crippen LogP contribution is -2.28. The van der Waals surface area contributed by atoms with Crippen molar-refractivity contribution in [3.63, 3.8) is 0 Å². The molecule has 2 rings (SSSR count). The van der Waals surface area contributed by atoms with Crippen molar-refractivity contribution < 1.29 is 17.9 Å². The van der Waals surface area contributed by atoms with Crippen molar-refractivity contribution in [2.75, 3.05) is 18.5 Å². The zero-order valence-corrected chi connectivity index (χ0v) is 15.3. The number of benzene rings is 2. The van der Waals surface area contributed by atoms with Crippen LogP contribution >= 0.6 is 0 Å². The molecule has 0 saturated heterocycles. The second kappa shape index (κ2) is 8.13. The van der Waals surface area contributed by atoms with Gasteiger partial charge < -0.3 is 10.1 Å². The smallest absolute Gasteiger partial charge is 0.240 e. The lowest BCUT2D eigenvalue weighted by atomic mass is 10.1. The highest BCUT2D eigenvalue weighted by atomic mass is 32.2. The number of carbonyl (C=O) groups is 1. The van der Waals surface area contributed by atoms with Crippen LogP contribution in [0, 0.1) is 13.8 Å². The number of ether oxygens (including phenoxy) is 1. The van der Waals surface area contributed by atoms with Gasteiger partial charge in [0, 0.05) is 19.2 Å². The minimum absolute atomic E-state index is 0.132. The summed E-state index contributed by atoms with van der Waals surface area (Å²) in [6.45, 7) is 5.73. The molecule has 0 unspecified atom stereocenters. The summed E-state index contributed by atoms with van der Waals surface area (Å²) in [5.74, 6) is 0.508. The van der Waals surface area contributed by atoms with Crippen molar-refractivity contribution in [1.82, 2.24) is 4.72 Å². The van der Waals surface area contributed by atoms with Crippen LogP contribution in [-0.2, 0) is 14.8 Å². The van der Waals surface area contributed by atoms with Crippen molar-refractivity contribution in [2.45, 2.75) is 25.7 Å². The first kappa shape index (κ1) is 19.0. The first-order chi connectivity index (χ1) is 11.8. The van der Waals surface area contributed by atoms with Gasteiger partial charge in [0.1, 0.15) is 12.4 Å².